The molecule has 1 fully saturated rings. The zero-order chi connectivity index (χ0) is 22.7. The van der Waals surface area contributed by atoms with Gasteiger partial charge in [0, 0.05) is 37.5 Å². The van der Waals surface area contributed by atoms with Crippen molar-refractivity contribution in [2.45, 2.75) is 29.3 Å². The Kier molecular flexibility index (Phi) is 6.61. The second-order valence-corrected chi connectivity index (χ2v) is 8.85. The van der Waals surface area contributed by atoms with E-state index in [1.54, 1.807) is 35.9 Å². The van der Waals surface area contributed by atoms with Crippen LogP contribution >= 0.6 is 23.4 Å². The number of rotatable bonds is 6. The molecule has 4 rings (SSSR count). The minimum absolute atomic E-state index is 0.176. The SMILES string of the molecule is Cn1cnnc1Sc1ccc(C(=O)Nc2ccc(N3CCCCC3)c(Cl)c2)cc1[N+](=O)[O-]. The Hall–Kier alpha value is -3.11. The Labute approximate surface area is 193 Å². The molecule has 0 bridgehead atoms. The van der Waals surface area contributed by atoms with Gasteiger partial charge >= 0.3 is 0 Å². The van der Waals surface area contributed by atoms with Gasteiger partial charge in [0.05, 0.1) is 20.5 Å². The fraction of sp³-hybridized carbons (Fsp3) is 0.286. The van der Waals surface area contributed by atoms with Crippen LogP contribution in [0.2, 0.25) is 5.02 Å². The third-order valence-corrected chi connectivity index (χ3v) is 6.61. The van der Waals surface area contributed by atoms with Gasteiger partial charge < -0.3 is 14.8 Å². The van der Waals surface area contributed by atoms with Crippen LogP contribution in [-0.2, 0) is 7.05 Å². The Morgan fingerprint density at radius 2 is 1.97 bits per heavy atom. The number of amides is 1. The predicted octanol–water partition coefficient (Wildman–Crippen LogP) is 4.77. The number of hydrogen-bond acceptors (Lipinski definition) is 7. The van der Waals surface area contributed by atoms with Gasteiger partial charge in [0.1, 0.15) is 6.33 Å². The second-order valence-electron chi connectivity index (χ2n) is 7.43. The van der Waals surface area contributed by atoms with Crippen LogP contribution in [0.3, 0.4) is 0 Å². The fourth-order valence-electron chi connectivity index (χ4n) is 3.53. The molecule has 0 saturated carbocycles. The maximum Gasteiger partial charge on any atom is 0.284 e. The summed E-state index contributed by atoms with van der Waals surface area (Å²) < 4.78 is 1.66. The molecule has 0 atom stereocenters. The molecule has 1 amide bonds. The number of piperidine rings is 1. The summed E-state index contributed by atoms with van der Waals surface area (Å²) in [5, 5.41) is 23.1. The smallest absolute Gasteiger partial charge is 0.284 e. The number of nitrogens with zero attached hydrogens (tertiary/aromatic N) is 5. The number of nitro groups is 1. The number of benzene rings is 2. The summed E-state index contributed by atoms with van der Waals surface area (Å²) in [7, 11) is 1.75. The lowest BCUT2D eigenvalue weighted by Gasteiger charge is -2.29. The van der Waals surface area contributed by atoms with Crippen LogP contribution in [0.25, 0.3) is 0 Å². The quantitative estimate of drug-likeness (QED) is 0.406. The van der Waals surface area contributed by atoms with Crippen molar-refractivity contribution >= 4 is 46.3 Å². The number of aromatic nitrogens is 3. The Balaban J connectivity index is 1.51. The third kappa shape index (κ3) is 4.86. The first-order valence-electron chi connectivity index (χ1n) is 10.1. The lowest BCUT2D eigenvalue weighted by atomic mass is 10.1. The highest BCUT2D eigenvalue weighted by Gasteiger charge is 2.21. The molecule has 1 aliphatic heterocycles. The zero-order valence-corrected chi connectivity index (χ0v) is 18.9. The predicted molar refractivity (Wildman–Crippen MR) is 124 cm³/mol. The van der Waals surface area contributed by atoms with E-state index in [0.717, 1.165) is 43.4 Å². The van der Waals surface area contributed by atoms with Crippen LogP contribution in [0.5, 0.6) is 0 Å². The van der Waals surface area contributed by atoms with Crippen LogP contribution in [0.4, 0.5) is 17.1 Å². The van der Waals surface area contributed by atoms with Gasteiger partial charge in [0.15, 0.2) is 5.16 Å². The van der Waals surface area contributed by atoms with E-state index in [0.29, 0.717) is 20.8 Å². The van der Waals surface area contributed by atoms with Crippen LogP contribution in [0.15, 0.2) is 52.8 Å². The van der Waals surface area contributed by atoms with E-state index in [9.17, 15) is 14.9 Å². The van der Waals surface area contributed by atoms with Crippen LogP contribution in [0, 0.1) is 10.1 Å². The lowest BCUT2D eigenvalue weighted by molar-refractivity contribution is -0.387. The van der Waals surface area contributed by atoms with Crippen LogP contribution in [0.1, 0.15) is 29.6 Å². The first kappa shape index (κ1) is 22.1. The van der Waals surface area contributed by atoms with Gasteiger partial charge in [-0.1, -0.05) is 11.6 Å². The summed E-state index contributed by atoms with van der Waals surface area (Å²) in [4.78, 5) is 26.4. The molecule has 1 aliphatic rings. The fourth-order valence-corrected chi connectivity index (χ4v) is 4.68. The second kappa shape index (κ2) is 9.58. The molecule has 2 aromatic carbocycles. The zero-order valence-electron chi connectivity index (χ0n) is 17.3. The van der Waals surface area contributed by atoms with Crippen molar-refractivity contribution in [1.82, 2.24) is 14.8 Å². The normalized spacial score (nSPS) is 13.8. The molecule has 11 heteroatoms. The molecule has 166 valence electrons. The number of hydrogen-bond donors (Lipinski definition) is 1. The highest BCUT2D eigenvalue weighted by molar-refractivity contribution is 7.99. The minimum atomic E-state index is -0.514. The van der Waals surface area contributed by atoms with Crippen LogP contribution in [-0.4, -0.2) is 38.7 Å². The molecule has 3 aromatic rings. The summed E-state index contributed by atoms with van der Waals surface area (Å²) in [5.74, 6) is -0.454. The molecule has 2 heterocycles. The maximum absolute atomic E-state index is 12.7. The minimum Gasteiger partial charge on any atom is -0.370 e. The van der Waals surface area contributed by atoms with Crippen molar-refractivity contribution in [2.75, 3.05) is 23.3 Å². The molecule has 32 heavy (non-hydrogen) atoms. The summed E-state index contributed by atoms with van der Waals surface area (Å²) in [5.41, 5.74) is 1.48. The molecule has 0 spiro atoms. The standard InChI is InChI=1S/C21H21ClN6O3S/c1-26-13-23-25-21(26)32-19-8-5-14(11-18(19)28(30)31)20(29)24-15-6-7-17(16(22)12-15)27-9-3-2-4-10-27/h5-8,11-13H,2-4,9-10H2,1H3,(H,24,29). The monoisotopic (exact) mass is 472 g/mol. The molecule has 0 aliphatic carbocycles. The van der Waals surface area contributed by atoms with Crippen molar-refractivity contribution in [3.05, 3.63) is 63.4 Å². The number of carbonyl (C=O) groups is 1. The molecule has 1 saturated heterocycles. The van der Waals surface area contributed by atoms with Gasteiger partial charge in [0.2, 0.25) is 0 Å². The first-order chi connectivity index (χ1) is 15.4. The molecular formula is C21H21ClN6O3S. The Morgan fingerprint density at radius 3 is 2.62 bits per heavy atom. The van der Waals surface area contributed by atoms with E-state index in [1.807, 2.05) is 6.07 Å². The topological polar surface area (TPSA) is 106 Å². The average Bonchev–Trinajstić information content (AvgIpc) is 3.19. The summed E-state index contributed by atoms with van der Waals surface area (Å²) in [6.07, 6.45) is 5.01. The highest BCUT2D eigenvalue weighted by atomic mass is 35.5. The van der Waals surface area contributed by atoms with Gasteiger partial charge in [-0.05, 0) is 61.4 Å². The average molecular weight is 473 g/mol. The molecule has 0 unspecified atom stereocenters. The van der Waals surface area contributed by atoms with E-state index >= 15 is 0 Å². The number of carbonyl (C=O) groups excluding carboxylic acids is 1. The number of anilines is 2. The lowest BCUT2D eigenvalue weighted by Crippen LogP contribution is -2.29. The molecule has 9 nitrogen and oxygen atoms in total. The van der Waals surface area contributed by atoms with Gasteiger partial charge in [-0.2, -0.15) is 0 Å². The van der Waals surface area contributed by atoms with Crippen molar-refractivity contribution in [3.8, 4) is 0 Å². The Morgan fingerprint density at radius 1 is 1.19 bits per heavy atom. The van der Waals surface area contributed by atoms with Crippen molar-refractivity contribution in [1.29, 1.82) is 0 Å². The number of aryl methyl sites for hydroxylation is 1. The molecular weight excluding hydrogens is 452 g/mol. The third-order valence-electron chi connectivity index (χ3n) is 5.19. The Bertz CT molecular complexity index is 1160. The van der Waals surface area contributed by atoms with E-state index in [4.69, 9.17) is 11.6 Å². The number of halogens is 1. The van der Waals surface area contributed by atoms with Crippen molar-refractivity contribution < 1.29 is 9.72 Å². The van der Waals surface area contributed by atoms with Gasteiger partial charge in [-0.3, -0.25) is 14.9 Å². The molecule has 0 radical (unpaired) electrons. The first-order valence-corrected chi connectivity index (χ1v) is 11.3. The summed E-state index contributed by atoms with van der Waals surface area (Å²) in [6.45, 7) is 1.93. The van der Waals surface area contributed by atoms with Crippen molar-refractivity contribution in [3.63, 3.8) is 0 Å². The van der Waals surface area contributed by atoms with Crippen molar-refractivity contribution in [2.24, 2.45) is 7.05 Å². The molecule has 1 aromatic heterocycles. The highest BCUT2D eigenvalue weighted by Crippen LogP contribution is 2.35. The van der Waals surface area contributed by atoms with Crippen LogP contribution < -0.4 is 10.2 Å². The summed E-state index contributed by atoms with van der Waals surface area (Å²) >= 11 is 7.57. The number of nitrogens with one attached hydrogen (secondary N) is 1. The van der Waals surface area contributed by atoms with Gasteiger partial charge in [-0.15, -0.1) is 10.2 Å². The largest absolute Gasteiger partial charge is 0.370 e. The maximum atomic E-state index is 12.7. The number of nitro benzene ring substituents is 1. The van der Waals surface area contributed by atoms with Gasteiger partial charge in [0.25, 0.3) is 11.6 Å². The molecule has 1 N–H and O–H groups in total. The van der Waals surface area contributed by atoms with E-state index in [-0.39, 0.29) is 11.3 Å². The van der Waals surface area contributed by atoms with Gasteiger partial charge in [-0.25, -0.2) is 0 Å². The van der Waals surface area contributed by atoms with E-state index < -0.39 is 10.8 Å². The summed E-state index contributed by atoms with van der Waals surface area (Å²) in [6, 6.07) is 9.74. The van der Waals surface area contributed by atoms with E-state index in [1.165, 1.54) is 18.8 Å². The van der Waals surface area contributed by atoms with E-state index in [2.05, 4.69) is 20.4 Å².